The number of carboxylic acids is 1. The number of carbonyl (C=O) groups is 2. The van der Waals surface area contributed by atoms with Crippen molar-refractivity contribution in [2.75, 3.05) is 0 Å². The van der Waals surface area contributed by atoms with Crippen molar-refractivity contribution in [2.45, 2.75) is 50.0 Å². The average molecular weight is 389 g/mol. The van der Waals surface area contributed by atoms with Crippen molar-refractivity contribution >= 4 is 11.9 Å². The molecule has 4 nitrogen and oxygen atoms in total. The van der Waals surface area contributed by atoms with Gasteiger partial charge in [0.05, 0.1) is 0 Å². The predicted octanol–water partition coefficient (Wildman–Crippen LogP) is 4.71. The molecule has 0 spiro atoms. The smallest absolute Gasteiger partial charge is 0.330 e. The number of carboxylic acid groups (broad SMARTS) is 1. The van der Waals surface area contributed by atoms with Gasteiger partial charge in [-0.15, -0.1) is 0 Å². The van der Waals surface area contributed by atoms with Gasteiger partial charge in [0.25, 0.3) is 5.91 Å². The highest BCUT2D eigenvalue weighted by Crippen LogP contribution is 2.60. The first-order valence-electron chi connectivity index (χ1n) is 10.7. The third-order valence-corrected chi connectivity index (χ3v) is 7.45. The standard InChI is InChI=1S/C25H27NO3/c27-23(26-22(24(28)29)19-4-2-1-3-5-19)20-6-8-21(9-7-20)25-13-16-10-17(14-25)12-18(11-16)15-25/h1-9,16-18,22H,10-15H2,(H,26,27)(H,28,29). The van der Waals surface area contributed by atoms with Gasteiger partial charge in [0.1, 0.15) is 0 Å². The normalized spacial score (nSPS) is 30.7. The fourth-order valence-corrected chi connectivity index (χ4v) is 6.59. The molecule has 4 bridgehead atoms. The van der Waals surface area contributed by atoms with E-state index >= 15 is 0 Å². The minimum Gasteiger partial charge on any atom is -0.479 e. The highest BCUT2D eigenvalue weighted by atomic mass is 16.4. The van der Waals surface area contributed by atoms with Gasteiger partial charge in [-0.05, 0) is 85.0 Å². The molecule has 2 N–H and O–H groups in total. The van der Waals surface area contributed by atoms with E-state index in [4.69, 9.17) is 0 Å². The van der Waals surface area contributed by atoms with Crippen LogP contribution in [0, 0.1) is 17.8 Å². The number of hydrogen-bond donors (Lipinski definition) is 2. The molecule has 29 heavy (non-hydrogen) atoms. The number of benzene rings is 2. The van der Waals surface area contributed by atoms with Crippen LogP contribution in [0.1, 0.15) is 66.1 Å². The van der Waals surface area contributed by atoms with Gasteiger partial charge in [0.15, 0.2) is 6.04 Å². The Hall–Kier alpha value is -2.62. The lowest BCUT2D eigenvalue weighted by Gasteiger charge is -2.57. The second-order valence-corrected chi connectivity index (χ2v) is 9.43. The summed E-state index contributed by atoms with van der Waals surface area (Å²) in [6.07, 6.45) is 8.11. The van der Waals surface area contributed by atoms with Crippen molar-refractivity contribution in [3.05, 3.63) is 71.3 Å². The molecule has 4 heteroatoms. The summed E-state index contributed by atoms with van der Waals surface area (Å²) in [7, 11) is 0. The molecule has 1 unspecified atom stereocenters. The van der Waals surface area contributed by atoms with Crippen molar-refractivity contribution in [3.63, 3.8) is 0 Å². The molecular weight excluding hydrogens is 362 g/mol. The van der Waals surface area contributed by atoms with Gasteiger partial charge in [-0.25, -0.2) is 4.79 Å². The van der Waals surface area contributed by atoms with E-state index in [1.54, 1.807) is 24.3 Å². The summed E-state index contributed by atoms with van der Waals surface area (Å²) in [5, 5.41) is 12.2. The highest BCUT2D eigenvalue weighted by molar-refractivity contribution is 5.96. The van der Waals surface area contributed by atoms with Crippen LogP contribution in [0.25, 0.3) is 0 Å². The molecular formula is C25H27NO3. The third-order valence-electron chi connectivity index (χ3n) is 7.45. The summed E-state index contributed by atoms with van der Waals surface area (Å²) in [5.74, 6) is 1.23. The summed E-state index contributed by atoms with van der Waals surface area (Å²) in [4.78, 5) is 24.4. The van der Waals surface area contributed by atoms with Crippen molar-refractivity contribution in [1.82, 2.24) is 5.32 Å². The third kappa shape index (κ3) is 3.35. The van der Waals surface area contributed by atoms with Crippen LogP contribution in [0.2, 0.25) is 0 Å². The van der Waals surface area contributed by atoms with E-state index in [0.717, 1.165) is 17.8 Å². The molecule has 0 aromatic heterocycles. The lowest BCUT2D eigenvalue weighted by atomic mass is 9.48. The molecule has 4 saturated carbocycles. The first kappa shape index (κ1) is 18.4. The molecule has 0 aliphatic heterocycles. The number of aliphatic carboxylic acids is 1. The molecule has 6 rings (SSSR count). The zero-order chi connectivity index (χ0) is 20.0. The number of carbonyl (C=O) groups excluding carboxylic acids is 1. The molecule has 0 radical (unpaired) electrons. The molecule has 1 amide bonds. The van der Waals surface area contributed by atoms with Gasteiger partial charge >= 0.3 is 5.97 Å². The van der Waals surface area contributed by atoms with E-state index in [2.05, 4.69) is 17.4 Å². The van der Waals surface area contributed by atoms with Gasteiger partial charge in [-0.2, -0.15) is 0 Å². The molecule has 4 aliphatic rings. The Balaban J connectivity index is 1.34. The summed E-state index contributed by atoms with van der Waals surface area (Å²) >= 11 is 0. The summed E-state index contributed by atoms with van der Waals surface area (Å²) < 4.78 is 0. The Morgan fingerprint density at radius 1 is 0.862 bits per heavy atom. The number of nitrogens with one attached hydrogen (secondary N) is 1. The second-order valence-electron chi connectivity index (χ2n) is 9.43. The van der Waals surface area contributed by atoms with Gasteiger partial charge in [0, 0.05) is 5.56 Å². The fraction of sp³-hybridized carbons (Fsp3) is 0.440. The first-order valence-corrected chi connectivity index (χ1v) is 10.7. The van der Waals surface area contributed by atoms with Gasteiger partial charge in [0.2, 0.25) is 0 Å². The van der Waals surface area contributed by atoms with Crippen LogP contribution in [-0.4, -0.2) is 17.0 Å². The summed E-state index contributed by atoms with van der Waals surface area (Å²) in [6.45, 7) is 0. The van der Waals surface area contributed by atoms with Crippen molar-refractivity contribution in [1.29, 1.82) is 0 Å². The molecule has 2 aromatic rings. The molecule has 2 aromatic carbocycles. The van der Waals surface area contributed by atoms with Gasteiger partial charge < -0.3 is 10.4 Å². The minimum absolute atomic E-state index is 0.303. The largest absolute Gasteiger partial charge is 0.479 e. The Morgan fingerprint density at radius 3 is 1.93 bits per heavy atom. The first-order chi connectivity index (χ1) is 14.0. The van der Waals surface area contributed by atoms with E-state index in [0.29, 0.717) is 16.5 Å². The van der Waals surface area contributed by atoms with E-state index in [1.165, 1.54) is 44.1 Å². The number of hydrogen-bond acceptors (Lipinski definition) is 2. The molecule has 4 fully saturated rings. The quantitative estimate of drug-likeness (QED) is 0.778. The molecule has 150 valence electrons. The Morgan fingerprint density at radius 2 is 1.41 bits per heavy atom. The lowest BCUT2D eigenvalue weighted by molar-refractivity contribution is -0.139. The second kappa shape index (κ2) is 7.01. The van der Waals surface area contributed by atoms with E-state index < -0.39 is 12.0 Å². The maximum absolute atomic E-state index is 12.7. The minimum atomic E-state index is -1.06. The molecule has 4 aliphatic carbocycles. The summed E-state index contributed by atoms with van der Waals surface area (Å²) in [5.41, 5.74) is 2.75. The van der Waals surface area contributed by atoms with Gasteiger partial charge in [-0.1, -0.05) is 42.5 Å². The molecule has 0 saturated heterocycles. The number of rotatable bonds is 5. The molecule has 0 heterocycles. The van der Waals surface area contributed by atoms with Crippen molar-refractivity contribution in [2.24, 2.45) is 17.8 Å². The van der Waals surface area contributed by atoms with Crippen molar-refractivity contribution < 1.29 is 14.7 Å². The van der Waals surface area contributed by atoms with Crippen LogP contribution in [0.3, 0.4) is 0 Å². The van der Waals surface area contributed by atoms with Crippen LogP contribution in [-0.2, 0) is 10.2 Å². The topological polar surface area (TPSA) is 66.4 Å². The van der Waals surface area contributed by atoms with E-state index in [1.807, 2.05) is 18.2 Å². The monoisotopic (exact) mass is 389 g/mol. The predicted molar refractivity (Wildman–Crippen MR) is 111 cm³/mol. The van der Waals surface area contributed by atoms with Crippen molar-refractivity contribution in [3.8, 4) is 0 Å². The van der Waals surface area contributed by atoms with E-state index in [-0.39, 0.29) is 5.91 Å². The Bertz CT molecular complexity index is 884. The Labute approximate surface area is 171 Å². The van der Waals surface area contributed by atoms with Crippen LogP contribution in [0.4, 0.5) is 0 Å². The summed E-state index contributed by atoms with van der Waals surface area (Å²) in [6, 6.07) is 15.7. The zero-order valence-electron chi connectivity index (χ0n) is 16.5. The van der Waals surface area contributed by atoms with Gasteiger partial charge in [-0.3, -0.25) is 4.79 Å². The van der Waals surface area contributed by atoms with Crippen LogP contribution < -0.4 is 5.32 Å². The fourth-order valence-electron chi connectivity index (χ4n) is 6.59. The lowest BCUT2D eigenvalue weighted by Crippen LogP contribution is -2.48. The zero-order valence-corrected chi connectivity index (χ0v) is 16.5. The van der Waals surface area contributed by atoms with Crippen LogP contribution in [0.15, 0.2) is 54.6 Å². The SMILES string of the molecule is O=C(NC(C(=O)O)c1ccccc1)c1ccc(C23CC4CC(CC(C4)C2)C3)cc1. The van der Waals surface area contributed by atoms with Crippen LogP contribution >= 0.6 is 0 Å². The number of amides is 1. The van der Waals surface area contributed by atoms with E-state index in [9.17, 15) is 14.7 Å². The average Bonchev–Trinajstić information content (AvgIpc) is 2.71. The maximum Gasteiger partial charge on any atom is 0.330 e. The van der Waals surface area contributed by atoms with Crippen LogP contribution in [0.5, 0.6) is 0 Å². The maximum atomic E-state index is 12.7. The Kier molecular flexibility index (Phi) is 4.45. The highest BCUT2D eigenvalue weighted by Gasteiger charge is 2.51. The molecule has 1 atom stereocenters.